The third kappa shape index (κ3) is 3.70. The molecule has 0 unspecified atom stereocenters. The van der Waals surface area contributed by atoms with Gasteiger partial charge in [0.15, 0.2) is 6.61 Å². The van der Waals surface area contributed by atoms with E-state index in [4.69, 9.17) is 20.8 Å². The van der Waals surface area contributed by atoms with Gasteiger partial charge in [-0.2, -0.15) is 0 Å². The molecule has 27 heavy (non-hydrogen) atoms. The van der Waals surface area contributed by atoms with Crippen LogP contribution in [-0.2, 0) is 4.79 Å². The van der Waals surface area contributed by atoms with Crippen LogP contribution >= 0.6 is 11.6 Å². The molecule has 1 aliphatic heterocycles. The summed E-state index contributed by atoms with van der Waals surface area (Å²) < 4.78 is 11.0. The summed E-state index contributed by atoms with van der Waals surface area (Å²) in [5.74, 6) is 1.01. The molecule has 0 spiro atoms. The molecular weight excluding hydrogens is 366 g/mol. The second kappa shape index (κ2) is 7.55. The van der Waals surface area contributed by atoms with Crippen LogP contribution in [0.2, 0.25) is 5.02 Å². The Labute approximate surface area is 163 Å². The van der Waals surface area contributed by atoms with E-state index in [2.05, 4.69) is 0 Å². The Bertz CT molecular complexity index is 920. The molecule has 5 nitrogen and oxygen atoms in total. The molecule has 0 radical (unpaired) electrons. The highest BCUT2D eigenvalue weighted by Gasteiger charge is 2.35. The van der Waals surface area contributed by atoms with E-state index in [9.17, 15) is 9.59 Å². The second-order valence-corrected chi connectivity index (χ2v) is 8.06. The van der Waals surface area contributed by atoms with Gasteiger partial charge < -0.3 is 14.1 Å². The van der Waals surface area contributed by atoms with Crippen molar-refractivity contribution in [1.29, 1.82) is 0 Å². The Morgan fingerprint density at radius 3 is 2.85 bits per heavy atom. The third-order valence-corrected chi connectivity index (χ3v) is 6.21. The standard InChI is InChI=1S/C21H24ClNO4/c1-13-9-21(25)27-18-11-19(16(22)10-15(13)18)26-12-20(24)23-8-4-6-14-5-2-3-7-17(14)23/h9-11,14,17H,2-8,12H2,1H3/t14-,17-/m1/s1. The Morgan fingerprint density at radius 1 is 1.22 bits per heavy atom. The normalized spacial score (nSPS) is 22.5. The van der Waals surface area contributed by atoms with Crippen LogP contribution in [0.15, 0.2) is 27.4 Å². The number of halogens is 1. The van der Waals surface area contributed by atoms with Gasteiger partial charge in [-0.1, -0.05) is 24.4 Å². The average molecular weight is 390 g/mol. The largest absolute Gasteiger partial charge is 0.482 e. The average Bonchev–Trinajstić information content (AvgIpc) is 2.66. The van der Waals surface area contributed by atoms with E-state index < -0.39 is 5.63 Å². The van der Waals surface area contributed by atoms with Gasteiger partial charge >= 0.3 is 5.63 Å². The van der Waals surface area contributed by atoms with Crippen LogP contribution in [-0.4, -0.2) is 30.0 Å². The number of fused-ring (bicyclic) bond motifs is 2. The molecule has 4 rings (SSSR count). The predicted molar refractivity (Wildman–Crippen MR) is 104 cm³/mol. The summed E-state index contributed by atoms with van der Waals surface area (Å²) in [6.45, 7) is 2.59. The fourth-order valence-corrected chi connectivity index (χ4v) is 4.81. The van der Waals surface area contributed by atoms with Crippen LogP contribution in [0, 0.1) is 12.8 Å². The Balaban J connectivity index is 1.50. The molecule has 2 aliphatic rings. The smallest absolute Gasteiger partial charge is 0.336 e. The maximum atomic E-state index is 12.8. The highest BCUT2D eigenvalue weighted by Crippen LogP contribution is 2.36. The molecule has 1 aromatic carbocycles. The number of likely N-dealkylation sites (tertiary alicyclic amines) is 1. The van der Waals surface area contributed by atoms with Crippen molar-refractivity contribution in [2.75, 3.05) is 13.2 Å². The van der Waals surface area contributed by atoms with Crippen LogP contribution in [0.3, 0.4) is 0 Å². The van der Waals surface area contributed by atoms with Gasteiger partial charge in [-0.25, -0.2) is 4.79 Å². The van der Waals surface area contributed by atoms with Crippen molar-refractivity contribution in [3.63, 3.8) is 0 Å². The number of carbonyl (C=O) groups is 1. The van der Waals surface area contributed by atoms with Crippen LogP contribution in [0.4, 0.5) is 0 Å². The monoisotopic (exact) mass is 389 g/mol. The first-order chi connectivity index (χ1) is 13.0. The fourth-order valence-electron chi connectivity index (χ4n) is 4.59. The quantitative estimate of drug-likeness (QED) is 0.734. The zero-order valence-corrected chi connectivity index (χ0v) is 16.3. The van der Waals surface area contributed by atoms with Gasteiger partial charge in [0.1, 0.15) is 11.3 Å². The lowest BCUT2D eigenvalue weighted by Gasteiger charge is -2.44. The van der Waals surface area contributed by atoms with E-state index in [0.29, 0.717) is 28.3 Å². The van der Waals surface area contributed by atoms with Gasteiger partial charge in [0.05, 0.1) is 5.02 Å². The van der Waals surface area contributed by atoms with Crippen LogP contribution < -0.4 is 10.4 Å². The van der Waals surface area contributed by atoms with Gasteiger partial charge in [0.25, 0.3) is 5.91 Å². The lowest BCUT2D eigenvalue weighted by atomic mass is 9.78. The Kier molecular flexibility index (Phi) is 5.13. The van der Waals surface area contributed by atoms with Crippen molar-refractivity contribution in [2.24, 2.45) is 5.92 Å². The molecule has 1 aliphatic carbocycles. The molecule has 1 aromatic heterocycles. The molecule has 6 heteroatoms. The number of piperidine rings is 1. The summed E-state index contributed by atoms with van der Waals surface area (Å²) in [6.07, 6.45) is 7.08. The summed E-state index contributed by atoms with van der Waals surface area (Å²) in [6, 6.07) is 5.10. The maximum absolute atomic E-state index is 12.8. The van der Waals surface area contributed by atoms with Gasteiger partial charge in [0, 0.05) is 30.1 Å². The van der Waals surface area contributed by atoms with Crippen LogP contribution in [0.1, 0.15) is 44.1 Å². The first-order valence-corrected chi connectivity index (χ1v) is 10.1. The van der Waals surface area contributed by atoms with Crippen LogP contribution in [0.25, 0.3) is 11.0 Å². The van der Waals surface area contributed by atoms with Crippen LogP contribution in [0.5, 0.6) is 5.75 Å². The summed E-state index contributed by atoms with van der Waals surface area (Å²) >= 11 is 6.33. The highest BCUT2D eigenvalue weighted by molar-refractivity contribution is 6.32. The van der Waals surface area contributed by atoms with Crippen molar-refractivity contribution >= 4 is 28.5 Å². The molecule has 2 atom stereocenters. The first-order valence-electron chi connectivity index (χ1n) is 9.69. The van der Waals surface area contributed by atoms with Crippen molar-refractivity contribution in [3.8, 4) is 5.75 Å². The minimum absolute atomic E-state index is 0.00783. The summed E-state index contributed by atoms with van der Waals surface area (Å²) in [5.41, 5.74) is 0.792. The number of ether oxygens (including phenoxy) is 1. The number of nitrogens with zero attached hydrogens (tertiary/aromatic N) is 1. The highest BCUT2D eigenvalue weighted by atomic mass is 35.5. The molecule has 2 heterocycles. The zero-order chi connectivity index (χ0) is 19.0. The van der Waals surface area contributed by atoms with Gasteiger partial charge in [-0.3, -0.25) is 4.79 Å². The maximum Gasteiger partial charge on any atom is 0.336 e. The fraction of sp³-hybridized carbons (Fsp3) is 0.524. The van der Waals surface area contributed by atoms with Crippen molar-refractivity contribution in [3.05, 3.63) is 39.2 Å². The molecule has 1 amide bonds. The minimum atomic E-state index is -0.416. The molecule has 0 N–H and O–H groups in total. The topological polar surface area (TPSA) is 59.8 Å². The molecule has 2 aromatic rings. The van der Waals surface area contributed by atoms with Gasteiger partial charge in [0.2, 0.25) is 0 Å². The summed E-state index contributed by atoms with van der Waals surface area (Å²) in [7, 11) is 0. The van der Waals surface area contributed by atoms with Crippen molar-refractivity contribution < 1.29 is 13.9 Å². The SMILES string of the molecule is Cc1cc(=O)oc2cc(OCC(=O)N3CCC[C@H]4CCCC[C@H]43)c(Cl)cc12. The number of carbonyl (C=O) groups excluding carboxylic acids is 1. The Hall–Kier alpha value is -2.01. The van der Waals surface area contributed by atoms with Gasteiger partial charge in [-0.05, 0) is 50.2 Å². The summed E-state index contributed by atoms with van der Waals surface area (Å²) in [5, 5.41) is 1.17. The van der Waals surface area contributed by atoms with E-state index in [0.717, 1.165) is 30.3 Å². The molecule has 2 fully saturated rings. The Morgan fingerprint density at radius 2 is 2.00 bits per heavy atom. The second-order valence-electron chi connectivity index (χ2n) is 7.66. The molecule has 1 saturated heterocycles. The molecule has 1 saturated carbocycles. The van der Waals surface area contributed by atoms with E-state index in [1.165, 1.54) is 31.7 Å². The number of hydrogen-bond acceptors (Lipinski definition) is 4. The molecular formula is C21H24ClNO4. The van der Waals surface area contributed by atoms with Gasteiger partial charge in [-0.15, -0.1) is 0 Å². The number of hydrogen-bond donors (Lipinski definition) is 0. The lowest BCUT2D eigenvalue weighted by molar-refractivity contribution is -0.139. The predicted octanol–water partition coefficient (Wildman–Crippen LogP) is 4.31. The molecule has 144 valence electrons. The minimum Gasteiger partial charge on any atom is -0.482 e. The number of aryl methyl sites for hydroxylation is 1. The van der Waals surface area contributed by atoms with E-state index >= 15 is 0 Å². The van der Waals surface area contributed by atoms with E-state index in [1.807, 2.05) is 11.8 Å². The third-order valence-electron chi connectivity index (χ3n) is 5.92. The van der Waals surface area contributed by atoms with E-state index in [-0.39, 0.29) is 12.5 Å². The lowest BCUT2D eigenvalue weighted by Crippen LogP contribution is -2.51. The number of rotatable bonds is 3. The number of amides is 1. The molecule has 0 bridgehead atoms. The summed E-state index contributed by atoms with van der Waals surface area (Å²) in [4.78, 5) is 26.4. The van der Waals surface area contributed by atoms with Crippen molar-refractivity contribution in [2.45, 2.75) is 51.5 Å². The first kappa shape index (κ1) is 18.4. The van der Waals surface area contributed by atoms with Crippen molar-refractivity contribution in [1.82, 2.24) is 4.90 Å². The van der Waals surface area contributed by atoms with E-state index in [1.54, 1.807) is 12.1 Å². The zero-order valence-electron chi connectivity index (χ0n) is 15.5. The number of benzene rings is 1.